The van der Waals surface area contributed by atoms with E-state index < -0.39 is 23.2 Å². The van der Waals surface area contributed by atoms with Crippen molar-refractivity contribution in [2.24, 2.45) is 0 Å². The highest BCUT2D eigenvalue weighted by Gasteiger charge is 2.21. The molecular formula is C29H21N5O6. The molecule has 0 aliphatic heterocycles. The lowest BCUT2D eigenvalue weighted by Crippen LogP contribution is -2.30. The van der Waals surface area contributed by atoms with Crippen LogP contribution in [0.3, 0.4) is 0 Å². The van der Waals surface area contributed by atoms with Gasteiger partial charge in [0.2, 0.25) is 0 Å². The van der Waals surface area contributed by atoms with E-state index in [4.69, 9.17) is 15.7 Å². The number of hydrogen-bond acceptors (Lipinski definition) is 7. The molecular weight excluding hydrogens is 514 g/mol. The zero-order chi connectivity index (χ0) is 28.6. The average molecular weight is 536 g/mol. The zero-order valence-corrected chi connectivity index (χ0v) is 21.0. The Hall–Kier alpha value is -5.84. The minimum atomic E-state index is -1.10. The van der Waals surface area contributed by atoms with Crippen molar-refractivity contribution < 1.29 is 19.8 Å². The topological polar surface area (TPSA) is 181 Å². The fraction of sp³-hybridized carbons (Fsp3) is 0.0345. The van der Waals surface area contributed by atoms with E-state index in [9.17, 15) is 29.4 Å². The number of anilines is 1. The monoisotopic (exact) mass is 535 g/mol. The molecule has 0 aliphatic rings. The Balaban J connectivity index is 1.86. The number of carbonyl (C=O) groups is 2. The van der Waals surface area contributed by atoms with E-state index >= 15 is 0 Å². The second-order valence-electron chi connectivity index (χ2n) is 8.92. The molecule has 0 aliphatic carbocycles. The van der Waals surface area contributed by atoms with Crippen molar-refractivity contribution in [2.45, 2.75) is 6.92 Å². The summed E-state index contributed by atoms with van der Waals surface area (Å²) in [5.41, 5.74) is 8.11. The lowest BCUT2D eigenvalue weighted by molar-refractivity contribution is 0.0686. The molecule has 5 N–H and O–H groups in total. The van der Waals surface area contributed by atoms with E-state index in [1.807, 2.05) is 0 Å². The van der Waals surface area contributed by atoms with Crippen molar-refractivity contribution in [2.75, 3.05) is 5.73 Å². The fourth-order valence-electron chi connectivity index (χ4n) is 4.10. The quantitative estimate of drug-likeness (QED) is 0.236. The third-order valence-corrected chi connectivity index (χ3v) is 6.22. The van der Waals surface area contributed by atoms with E-state index in [0.717, 1.165) is 4.57 Å². The van der Waals surface area contributed by atoms with Gasteiger partial charge in [-0.3, -0.25) is 14.3 Å². The number of benzene rings is 3. The van der Waals surface area contributed by atoms with Crippen LogP contribution in [-0.2, 0) is 0 Å². The number of aromatic amines is 1. The van der Waals surface area contributed by atoms with Crippen LogP contribution in [0, 0.1) is 6.92 Å². The molecule has 0 atom stereocenters. The van der Waals surface area contributed by atoms with Crippen molar-refractivity contribution in [1.29, 1.82) is 0 Å². The third-order valence-electron chi connectivity index (χ3n) is 6.22. The molecule has 0 fully saturated rings. The average Bonchev–Trinajstić information content (AvgIpc) is 2.95. The molecule has 11 heteroatoms. The lowest BCUT2D eigenvalue weighted by Gasteiger charge is -2.17. The van der Waals surface area contributed by atoms with Gasteiger partial charge in [0.15, 0.2) is 5.82 Å². The summed E-state index contributed by atoms with van der Waals surface area (Å²) in [6.45, 7) is 1.54. The largest absolute Gasteiger partial charge is 0.478 e. The van der Waals surface area contributed by atoms with Gasteiger partial charge in [-0.25, -0.2) is 24.4 Å². The van der Waals surface area contributed by atoms with Gasteiger partial charge < -0.3 is 15.9 Å². The zero-order valence-electron chi connectivity index (χ0n) is 21.0. The molecule has 3 aromatic carbocycles. The van der Waals surface area contributed by atoms with Crippen LogP contribution in [0.2, 0.25) is 0 Å². The smallest absolute Gasteiger partial charge is 0.335 e. The van der Waals surface area contributed by atoms with Crippen LogP contribution in [0.15, 0.2) is 88.6 Å². The summed E-state index contributed by atoms with van der Waals surface area (Å²) in [6.07, 6.45) is 1.35. The Labute approximate surface area is 225 Å². The number of H-pyrrole nitrogens is 1. The van der Waals surface area contributed by atoms with Crippen LogP contribution in [0.1, 0.15) is 26.3 Å². The summed E-state index contributed by atoms with van der Waals surface area (Å²) < 4.78 is 1.16. The van der Waals surface area contributed by atoms with Gasteiger partial charge in [-0.2, -0.15) is 0 Å². The minimum absolute atomic E-state index is 0.0595. The van der Waals surface area contributed by atoms with Crippen LogP contribution < -0.4 is 17.0 Å². The van der Waals surface area contributed by atoms with Crippen LogP contribution in [0.25, 0.3) is 39.6 Å². The van der Waals surface area contributed by atoms with Crippen molar-refractivity contribution in [3.8, 4) is 39.6 Å². The highest BCUT2D eigenvalue weighted by Crippen LogP contribution is 2.35. The SMILES string of the molecule is Cc1cn(-c2nc(-c3ccc(C(=O)O)cc3)c(-c3ccc(N)cc3)nc2-c2ccc(C(=O)O)cc2)c(=O)[nH]c1=O. The van der Waals surface area contributed by atoms with E-state index in [2.05, 4.69) is 4.98 Å². The normalized spacial score (nSPS) is 10.8. The summed E-state index contributed by atoms with van der Waals surface area (Å²) in [7, 11) is 0. The number of rotatable bonds is 6. The highest BCUT2D eigenvalue weighted by atomic mass is 16.4. The molecule has 0 unspecified atom stereocenters. The van der Waals surface area contributed by atoms with Gasteiger partial charge in [0.05, 0.1) is 22.5 Å². The maximum Gasteiger partial charge on any atom is 0.335 e. The Morgan fingerprint density at radius 2 is 1.18 bits per heavy atom. The fourth-order valence-corrected chi connectivity index (χ4v) is 4.10. The number of aryl methyl sites for hydroxylation is 1. The summed E-state index contributed by atoms with van der Waals surface area (Å²) >= 11 is 0. The molecule has 5 rings (SSSR count). The summed E-state index contributed by atoms with van der Waals surface area (Å²) in [4.78, 5) is 59.9. The summed E-state index contributed by atoms with van der Waals surface area (Å²) in [6, 6.07) is 18.8. The third kappa shape index (κ3) is 4.86. The predicted molar refractivity (Wildman–Crippen MR) is 148 cm³/mol. The van der Waals surface area contributed by atoms with Crippen LogP contribution >= 0.6 is 0 Å². The first-order chi connectivity index (χ1) is 19.1. The second kappa shape index (κ2) is 10.1. The highest BCUT2D eigenvalue weighted by molar-refractivity contribution is 5.90. The number of nitrogens with zero attached hydrogens (tertiary/aromatic N) is 3. The van der Waals surface area contributed by atoms with Crippen molar-refractivity contribution in [3.05, 3.63) is 117 Å². The molecule has 2 aromatic heterocycles. The molecule has 0 amide bonds. The molecule has 11 nitrogen and oxygen atoms in total. The maximum absolute atomic E-state index is 13.0. The summed E-state index contributed by atoms with van der Waals surface area (Å²) in [5.74, 6) is -2.12. The van der Waals surface area contributed by atoms with E-state index in [1.54, 1.807) is 48.5 Å². The van der Waals surface area contributed by atoms with Gasteiger partial charge in [0, 0.05) is 34.1 Å². The lowest BCUT2D eigenvalue weighted by atomic mass is 10.0. The second-order valence-corrected chi connectivity index (χ2v) is 8.92. The first-order valence-electron chi connectivity index (χ1n) is 11.9. The van der Waals surface area contributed by atoms with Crippen molar-refractivity contribution >= 4 is 17.6 Å². The molecule has 0 radical (unpaired) electrons. The Bertz CT molecular complexity index is 1890. The van der Waals surface area contributed by atoms with E-state index in [-0.39, 0.29) is 28.2 Å². The molecule has 0 spiro atoms. The molecule has 40 heavy (non-hydrogen) atoms. The van der Waals surface area contributed by atoms with Crippen LogP contribution in [0.4, 0.5) is 5.69 Å². The van der Waals surface area contributed by atoms with E-state index in [0.29, 0.717) is 33.8 Å². The number of carboxylic acid groups (broad SMARTS) is 2. The van der Waals surface area contributed by atoms with Gasteiger partial charge in [0.25, 0.3) is 5.56 Å². The predicted octanol–water partition coefficient (Wildman–Crippen LogP) is 3.60. The van der Waals surface area contributed by atoms with Gasteiger partial charge >= 0.3 is 17.6 Å². The van der Waals surface area contributed by atoms with E-state index in [1.165, 1.54) is 37.4 Å². The Morgan fingerprint density at radius 1 is 0.725 bits per heavy atom. The number of hydrogen-bond donors (Lipinski definition) is 4. The number of aromatic carboxylic acids is 2. The molecule has 0 bridgehead atoms. The van der Waals surface area contributed by atoms with Gasteiger partial charge in [-0.15, -0.1) is 0 Å². The Morgan fingerprint density at radius 3 is 1.68 bits per heavy atom. The Kier molecular flexibility index (Phi) is 6.54. The van der Waals surface area contributed by atoms with Gasteiger partial charge in [0.1, 0.15) is 5.69 Å². The van der Waals surface area contributed by atoms with Gasteiger partial charge in [-0.05, 0) is 43.3 Å². The number of aromatic nitrogens is 4. The van der Waals surface area contributed by atoms with Crippen LogP contribution in [0.5, 0.6) is 0 Å². The molecule has 198 valence electrons. The van der Waals surface area contributed by atoms with Gasteiger partial charge in [-0.1, -0.05) is 36.4 Å². The first-order valence-corrected chi connectivity index (χ1v) is 11.9. The molecule has 5 aromatic rings. The maximum atomic E-state index is 13.0. The molecule has 0 saturated heterocycles. The number of carboxylic acids is 2. The first kappa shape index (κ1) is 25.8. The molecule has 0 saturated carbocycles. The summed E-state index contributed by atoms with van der Waals surface area (Å²) in [5, 5.41) is 18.7. The minimum Gasteiger partial charge on any atom is -0.478 e. The number of nitrogens with one attached hydrogen (secondary N) is 1. The number of nitrogens with two attached hydrogens (primary N) is 1. The van der Waals surface area contributed by atoms with Crippen molar-refractivity contribution in [1.82, 2.24) is 19.5 Å². The standard InChI is InChI=1S/C29H21N5O6/c1-15-14-34(29(40)33-26(15)35)25-24(18-4-8-20(9-5-18)28(38)39)31-22(17-10-12-21(30)13-11-17)23(32-25)16-2-6-19(7-3-16)27(36)37/h2-14H,30H2,1H3,(H,36,37)(H,38,39)(H,33,35,40). The van der Waals surface area contributed by atoms with Crippen LogP contribution in [-0.4, -0.2) is 41.7 Å². The molecule has 2 heterocycles. The van der Waals surface area contributed by atoms with Crippen molar-refractivity contribution in [3.63, 3.8) is 0 Å². The number of nitrogen functional groups attached to an aromatic ring is 1.